The van der Waals surface area contributed by atoms with E-state index in [1.807, 2.05) is 5.32 Å². The SMILES string of the molecule is O=C(Nc1ccccc1[N+](=O)[O-])NC1(C(F)(F)F)Oc2ccc(Cl)cc2O1. The number of hydrogen-bond donors (Lipinski definition) is 2. The van der Waals surface area contributed by atoms with Crippen molar-refractivity contribution in [2.75, 3.05) is 5.32 Å². The van der Waals surface area contributed by atoms with E-state index in [1.165, 1.54) is 23.5 Å². The summed E-state index contributed by atoms with van der Waals surface area (Å²) >= 11 is 5.71. The van der Waals surface area contributed by atoms with E-state index in [4.69, 9.17) is 21.1 Å². The van der Waals surface area contributed by atoms with Gasteiger partial charge in [0.2, 0.25) is 0 Å². The number of anilines is 1. The van der Waals surface area contributed by atoms with Gasteiger partial charge in [-0.15, -0.1) is 0 Å². The number of carbonyl (C=O) groups is 1. The number of nitro groups is 1. The van der Waals surface area contributed by atoms with Gasteiger partial charge < -0.3 is 14.8 Å². The molecule has 142 valence electrons. The molecule has 1 aliphatic heterocycles. The largest absolute Gasteiger partial charge is 0.492 e. The summed E-state index contributed by atoms with van der Waals surface area (Å²) in [6.07, 6.45) is -5.18. The average Bonchev–Trinajstić information content (AvgIpc) is 2.93. The van der Waals surface area contributed by atoms with Crippen LogP contribution < -0.4 is 20.1 Å². The Morgan fingerprint density at radius 1 is 1.15 bits per heavy atom. The van der Waals surface area contributed by atoms with E-state index in [0.717, 1.165) is 24.3 Å². The minimum Gasteiger partial charge on any atom is -0.424 e. The summed E-state index contributed by atoms with van der Waals surface area (Å²) in [5.74, 6) is -4.14. The molecule has 0 fully saturated rings. The van der Waals surface area contributed by atoms with Gasteiger partial charge in [0.15, 0.2) is 11.5 Å². The smallest absolute Gasteiger partial charge is 0.424 e. The third kappa shape index (κ3) is 3.53. The Hall–Kier alpha value is -3.21. The summed E-state index contributed by atoms with van der Waals surface area (Å²) in [6, 6.07) is 7.02. The number of nitrogens with zero attached hydrogens (tertiary/aromatic N) is 1. The van der Waals surface area contributed by atoms with Crippen LogP contribution >= 0.6 is 11.6 Å². The highest BCUT2D eigenvalue weighted by Crippen LogP contribution is 2.46. The second-order valence-electron chi connectivity index (χ2n) is 5.26. The first-order valence-corrected chi connectivity index (χ1v) is 7.56. The van der Waals surface area contributed by atoms with Crippen LogP contribution in [0.3, 0.4) is 0 Å². The molecule has 2 N–H and O–H groups in total. The number of nitro benzene ring substituents is 1. The van der Waals surface area contributed by atoms with Gasteiger partial charge in [-0.1, -0.05) is 23.7 Å². The number of benzene rings is 2. The van der Waals surface area contributed by atoms with Crippen LogP contribution in [0.25, 0.3) is 0 Å². The summed E-state index contributed by atoms with van der Waals surface area (Å²) in [5, 5.41) is 14.5. The highest BCUT2D eigenvalue weighted by Gasteiger charge is 2.65. The lowest BCUT2D eigenvalue weighted by atomic mass is 10.3. The first-order chi connectivity index (χ1) is 12.6. The summed E-state index contributed by atoms with van der Waals surface area (Å²) in [5.41, 5.74) is -0.812. The van der Waals surface area contributed by atoms with E-state index in [2.05, 4.69) is 0 Å². The van der Waals surface area contributed by atoms with E-state index in [0.29, 0.717) is 0 Å². The van der Waals surface area contributed by atoms with Gasteiger partial charge >= 0.3 is 18.1 Å². The number of urea groups is 1. The van der Waals surface area contributed by atoms with Gasteiger partial charge in [0.25, 0.3) is 5.69 Å². The molecule has 2 aromatic carbocycles. The Bertz CT molecular complexity index is 924. The standard InChI is InChI=1S/C15H9ClF3N3O5/c16-8-5-6-11-12(7-8)27-15(26-11,14(17,18)19)21-13(23)20-9-3-1-2-4-10(9)22(24)25/h1-7H,(H2,20,21,23). The zero-order valence-corrected chi connectivity index (χ0v) is 13.8. The molecule has 0 spiro atoms. The molecule has 0 bridgehead atoms. The van der Waals surface area contributed by atoms with Crippen molar-refractivity contribution in [1.29, 1.82) is 0 Å². The van der Waals surface area contributed by atoms with Crippen molar-refractivity contribution >= 4 is 29.0 Å². The zero-order valence-electron chi connectivity index (χ0n) is 13.0. The number of rotatable bonds is 3. The lowest BCUT2D eigenvalue weighted by molar-refractivity contribution is -0.383. The van der Waals surface area contributed by atoms with Crippen LogP contribution in [-0.2, 0) is 0 Å². The molecule has 1 atom stereocenters. The van der Waals surface area contributed by atoms with Crippen LogP contribution in [0.1, 0.15) is 0 Å². The summed E-state index contributed by atoms with van der Waals surface area (Å²) in [7, 11) is 0. The molecular formula is C15H9ClF3N3O5. The predicted octanol–water partition coefficient (Wildman–Crippen LogP) is 4.06. The minimum absolute atomic E-state index is 0.0969. The van der Waals surface area contributed by atoms with E-state index in [9.17, 15) is 28.1 Å². The number of ether oxygens (including phenoxy) is 2. The molecule has 1 heterocycles. The Morgan fingerprint density at radius 3 is 2.48 bits per heavy atom. The fraction of sp³-hybridized carbons (Fsp3) is 0.133. The lowest BCUT2D eigenvalue weighted by Crippen LogP contribution is -2.65. The van der Waals surface area contributed by atoms with E-state index in [1.54, 1.807) is 0 Å². The van der Waals surface area contributed by atoms with Crippen molar-refractivity contribution in [3.63, 3.8) is 0 Å². The van der Waals surface area contributed by atoms with Crippen molar-refractivity contribution in [2.45, 2.75) is 12.1 Å². The van der Waals surface area contributed by atoms with Crippen molar-refractivity contribution in [2.24, 2.45) is 0 Å². The Balaban J connectivity index is 1.85. The predicted molar refractivity (Wildman–Crippen MR) is 86.7 cm³/mol. The first kappa shape index (κ1) is 18.6. The van der Waals surface area contributed by atoms with Crippen LogP contribution in [0.5, 0.6) is 11.5 Å². The van der Waals surface area contributed by atoms with Crippen LogP contribution in [0, 0.1) is 10.1 Å². The maximum Gasteiger partial charge on any atom is 0.492 e. The van der Waals surface area contributed by atoms with Crippen LogP contribution in [0.15, 0.2) is 42.5 Å². The average molecular weight is 404 g/mol. The molecule has 1 unspecified atom stereocenters. The van der Waals surface area contributed by atoms with Gasteiger partial charge in [-0.2, -0.15) is 13.2 Å². The maximum atomic E-state index is 13.6. The third-order valence-corrected chi connectivity index (χ3v) is 3.65. The fourth-order valence-corrected chi connectivity index (χ4v) is 2.42. The molecule has 27 heavy (non-hydrogen) atoms. The highest BCUT2D eigenvalue weighted by molar-refractivity contribution is 6.30. The van der Waals surface area contributed by atoms with Gasteiger partial charge in [0, 0.05) is 17.2 Å². The lowest BCUT2D eigenvalue weighted by Gasteiger charge is -2.29. The molecule has 8 nitrogen and oxygen atoms in total. The number of amides is 2. The number of fused-ring (bicyclic) bond motifs is 1. The molecule has 12 heteroatoms. The second kappa shape index (κ2) is 6.50. The van der Waals surface area contributed by atoms with Crippen LogP contribution in [0.4, 0.5) is 29.3 Å². The number of carbonyl (C=O) groups excluding carboxylic acids is 1. The van der Waals surface area contributed by atoms with Crippen molar-refractivity contribution in [3.8, 4) is 11.5 Å². The molecule has 0 aliphatic carbocycles. The van der Waals surface area contributed by atoms with E-state index in [-0.39, 0.29) is 22.2 Å². The molecule has 1 aliphatic rings. The molecule has 0 saturated heterocycles. The van der Waals surface area contributed by atoms with Crippen molar-refractivity contribution in [1.82, 2.24) is 5.32 Å². The zero-order chi connectivity index (χ0) is 19.8. The maximum absolute atomic E-state index is 13.6. The molecule has 0 saturated carbocycles. The van der Waals surface area contributed by atoms with Crippen LogP contribution in [-0.4, -0.2) is 23.0 Å². The number of halogens is 4. The topological polar surface area (TPSA) is 103 Å². The number of para-hydroxylation sites is 2. The van der Waals surface area contributed by atoms with Gasteiger partial charge in [0.1, 0.15) is 5.69 Å². The summed E-state index contributed by atoms with van der Waals surface area (Å²) in [6.45, 7) is 0. The van der Waals surface area contributed by atoms with Crippen LogP contribution in [0.2, 0.25) is 5.02 Å². The molecule has 3 rings (SSSR count). The molecule has 0 radical (unpaired) electrons. The second-order valence-corrected chi connectivity index (χ2v) is 5.70. The molecular weight excluding hydrogens is 395 g/mol. The first-order valence-electron chi connectivity index (χ1n) is 7.18. The Kier molecular flexibility index (Phi) is 4.47. The van der Waals surface area contributed by atoms with Crippen molar-refractivity contribution < 1.29 is 32.4 Å². The Labute approximate surface area is 154 Å². The minimum atomic E-state index is -5.18. The summed E-state index contributed by atoms with van der Waals surface area (Å²) in [4.78, 5) is 22.2. The number of alkyl halides is 3. The van der Waals surface area contributed by atoms with Gasteiger partial charge in [0.05, 0.1) is 4.92 Å². The Morgan fingerprint density at radius 2 is 1.81 bits per heavy atom. The highest BCUT2D eigenvalue weighted by atomic mass is 35.5. The third-order valence-electron chi connectivity index (χ3n) is 3.41. The fourth-order valence-electron chi connectivity index (χ4n) is 2.26. The van der Waals surface area contributed by atoms with Gasteiger partial charge in [-0.3, -0.25) is 15.4 Å². The number of nitrogens with one attached hydrogen (secondary N) is 2. The van der Waals surface area contributed by atoms with Gasteiger partial charge in [-0.05, 0) is 18.2 Å². The van der Waals surface area contributed by atoms with E-state index < -0.39 is 28.7 Å². The number of hydrogen-bond acceptors (Lipinski definition) is 5. The van der Waals surface area contributed by atoms with E-state index >= 15 is 0 Å². The monoisotopic (exact) mass is 403 g/mol. The molecule has 0 aromatic heterocycles. The normalized spacial score (nSPS) is 18.1. The van der Waals surface area contributed by atoms with Gasteiger partial charge in [-0.25, -0.2) is 4.79 Å². The van der Waals surface area contributed by atoms with Crippen molar-refractivity contribution in [3.05, 3.63) is 57.6 Å². The summed E-state index contributed by atoms with van der Waals surface area (Å²) < 4.78 is 50.2. The molecule has 2 amide bonds. The quantitative estimate of drug-likeness (QED) is 0.594. The molecule has 2 aromatic rings.